The zero-order valence-electron chi connectivity index (χ0n) is 13.0. The fourth-order valence-corrected chi connectivity index (χ4v) is 1.82. The number of methoxy groups -OCH3 is 1. The van der Waals surface area contributed by atoms with Gasteiger partial charge in [0.15, 0.2) is 0 Å². The third-order valence-electron chi connectivity index (χ3n) is 3.18. The van der Waals surface area contributed by atoms with Crippen molar-refractivity contribution in [2.24, 2.45) is 0 Å². The average molecular weight is 353 g/mol. The van der Waals surface area contributed by atoms with E-state index in [1.54, 1.807) is 12.0 Å². The van der Waals surface area contributed by atoms with Crippen molar-refractivity contribution < 1.29 is 32.5 Å². The highest BCUT2D eigenvalue weighted by Crippen LogP contribution is 2.31. The first-order valence-electron chi connectivity index (χ1n) is 6.90. The van der Waals surface area contributed by atoms with Crippen LogP contribution < -0.4 is 10.9 Å². The minimum atomic E-state index is -4.87. The molecule has 3 N–H and O–H groups in total. The minimum Gasteiger partial charge on any atom is -0.481 e. The van der Waals surface area contributed by atoms with Gasteiger partial charge in [0, 0.05) is 7.11 Å². The fourth-order valence-electron chi connectivity index (χ4n) is 1.82. The Balaban J connectivity index is 2.93. The number of hydrogen-bond donors (Lipinski definition) is 3. The maximum Gasteiger partial charge on any atom is 0.423 e. The van der Waals surface area contributed by atoms with E-state index in [9.17, 15) is 22.8 Å². The number of carboxylic acid groups (broad SMARTS) is 1. The summed E-state index contributed by atoms with van der Waals surface area (Å²) in [5, 5.41) is 16.2. The average Bonchev–Trinajstić information content (AvgIpc) is 2.47. The van der Waals surface area contributed by atoms with E-state index < -0.39 is 41.1 Å². The SMILES string of the molecule is COC(C)C(COCCC(=O)O)Nc1cn[nH]c(=O)c1C(F)(F)F. The van der Waals surface area contributed by atoms with Crippen LogP contribution in [0, 0.1) is 0 Å². The summed E-state index contributed by atoms with van der Waals surface area (Å²) in [6, 6.07) is -0.756. The maximum atomic E-state index is 13.0. The van der Waals surface area contributed by atoms with Gasteiger partial charge in [0.1, 0.15) is 5.56 Å². The van der Waals surface area contributed by atoms with Gasteiger partial charge in [-0.05, 0) is 6.92 Å². The summed E-state index contributed by atoms with van der Waals surface area (Å²) in [6.45, 7) is 1.36. The first-order valence-corrected chi connectivity index (χ1v) is 6.90. The highest BCUT2D eigenvalue weighted by Gasteiger charge is 2.38. The monoisotopic (exact) mass is 353 g/mol. The number of alkyl halides is 3. The van der Waals surface area contributed by atoms with Crippen molar-refractivity contribution in [3.8, 4) is 0 Å². The van der Waals surface area contributed by atoms with E-state index in [0.29, 0.717) is 0 Å². The number of nitrogens with one attached hydrogen (secondary N) is 2. The zero-order valence-corrected chi connectivity index (χ0v) is 13.0. The molecule has 2 atom stereocenters. The molecule has 0 saturated carbocycles. The second-order valence-electron chi connectivity index (χ2n) is 4.90. The Morgan fingerprint density at radius 1 is 1.50 bits per heavy atom. The second-order valence-corrected chi connectivity index (χ2v) is 4.90. The quantitative estimate of drug-likeness (QED) is 0.570. The third-order valence-corrected chi connectivity index (χ3v) is 3.18. The predicted octanol–water partition coefficient (Wildman–Crippen LogP) is 1.10. The van der Waals surface area contributed by atoms with Crippen molar-refractivity contribution in [3.05, 3.63) is 22.1 Å². The molecule has 1 rings (SSSR count). The van der Waals surface area contributed by atoms with Crippen molar-refractivity contribution in [1.82, 2.24) is 10.2 Å². The number of aromatic nitrogens is 2. The van der Waals surface area contributed by atoms with Crippen LogP contribution in [-0.4, -0.2) is 53.7 Å². The van der Waals surface area contributed by atoms with Gasteiger partial charge >= 0.3 is 12.1 Å². The van der Waals surface area contributed by atoms with Crippen molar-refractivity contribution in [2.45, 2.75) is 31.7 Å². The van der Waals surface area contributed by atoms with Gasteiger partial charge in [-0.3, -0.25) is 9.59 Å². The number of aliphatic carboxylic acids is 1. The summed E-state index contributed by atoms with van der Waals surface area (Å²) < 4.78 is 49.3. The van der Waals surface area contributed by atoms with Gasteiger partial charge in [0.05, 0.1) is 43.7 Å². The van der Waals surface area contributed by atoms with Gasteiger partial charge in [-0.25, -0.2) is 5.10 Å². The summed E-state index contributed by atoms with van der Waals surface area (Å²) in [6.07, 6.45) is -4.84. The minimum absolute atomic E-state index is 0.107. The molecule has 1 aromatic heterocycles. The van der Waals surface area contributed by atoms with Gasteiger partial charge in [-0.15, -0.1) is 0 Å². The van der Waals surface area contributed by atoms with E-state index >= 15 is 0 Å². The number of nitrogens with zero attached hydrogens (tertiary/aromatic N) is 1. The van der Waals surface area contributed by atoms with Crippen LogP contribution in [0.3, 0.4) is 0 Å². The normalized spacial score (nSPS) is 14.2. The zero-order chi connectivity index (χ0) is 18.3. The third kappa shape index (κ3) is 5.81. The van der Waals surface area contributed by atoms with Crippen LogP contribution in [0.15, 0.2) is 11.0 Å². The Labute approximate surface area is 135 Å². The van der Waals surface area contributed by atoms with Gasteiger partial charge in [-0.2, -0.15) is 18.3 Å². The molecule has 1 heterocycles. The van der Waals surface area contributed by atoms with Gasteiger partial charge in [0.25, 0.3) is 5.56 Å². The molecule has 0 amide bonds. The molecule has 0 saturated heterocycles. The van der Waals surface area contributed by atoms with E-state index in [2.05, 4.69) is 10.4 Å². The highest BCUT2D eigenvalue weighted by atomic mass is 19.4. The fraction of sp³-hybridized carbons (Fsp3) is 0.615. The number of halogens is 3. The molecule has 24 heavy (non-hydrogen) atoms. The first-order chi connectivity index (χ1) is 11.2. The number of hydrogen-bond acceptors (Lipinski definition) is 6. The Morgan fingerprint density at radius 2 is 2.17 bits per heavy atom. The van der Waals surface area contributed by atoms with Crippen LogP contribution in [0.1, 0.15) is 18.9 Å². The summed E-state index contributed by atoms with van der Waals surface area (Å²) in [5.74, 6) is -1.06. The molecule has 0 spiro atoms. The molecule has 0 aliphatic heterocycles. The van der Waals surface area contributed by atoms with E-state index in [1.165, 1.54) is 7.11 Å². The molecule has 0 aliphatic carbocycles. The number of H-pyrrole nitrogens is 1. The van der Waals surface area contributed by atoms with Crippen molar-refractivity contribution in [2.75, 3.05) is 25.6 Å². The molecule has 0 fully saturated rings. The summed E-state index contributed by atoms with van der Waals surface area (Å²) >= 11 is 0. The predicted molar refractivity (Wildman–Crippen MR) is 76.8 cm³/mol. The van der Waals surface area contributed by atoms with Gasteiger partial charge in [0.2, 0.25) is 0 Å². The van der Waals surface area contributed by atoms with Crippen LogP contribution >= 0.6 is 0 Å². The number of anilines is 1. The van der Waals surface area contributed by atoms with Crippen LogP contribution in [-0.2, 0) is 20.4 Å². The van der Waals surface area contributed by atoms with Crippen molar-refractivity contribution >= 4 is 11.7 Å². The lowest BCUT2D eigenvalue weighted by Gasteiger charge is -2.26. The van der Waals surface area contributed by atoms with E-state index in [4.69, 9.17) is 14.6 Å². The number of rotatable bonds is 9. The van der Waals surface area contributed by atoms with E-state index in [-0.39, 0.29) is 19.6 Å². The van der Waals surface area contributed by atoms with Crippen LogP contribution in [0.2, 0.25) is 0 Å². The molecular weight excluding hydrogens is 335 g/mol. The molecule has 0 radical (unpaired) electrons. The highest BCUT2D eigenvalue weighted by molar-refractivity contribution is 5.66. The van der Waals surface area contributed by atoms with Crippen LogP contribution in [0.4, 0.5) is 18.9 Å². The Hall–Kier alpha value is -2.14. The lowest BCUT2D eigenvalue weighted by molar-refractivity contribution is -0.139. The first kappa shape index (κ1) is 19.9. The molecule has 0 aliphatic rings. The number of carboxylic acids is 1. The molecule has 136 valence electrons. The number of ether oxygens (including phenoxy) is 2. The Kier molecular flexibility index (Phi) is 7.17. The van der Waals surface area contributed by atoms with Gasteiger partial charge < -0.3 is 19.9 Å². The number of carbonyl (C=O) groups is 1. The summed E-state index contributed by atoms with van der Waals surface area (Å²) in [4.78, 5) is 21.9. The summed E-state index contributed by atoms with van der Waals surface area (Å²) in [5.41, 5.74) is -3.29. The molecule has 0 bridgehead atoms. The van der Waals surface area contributed by atoms with Gasteiger partial charge in [-0.1, -0.05) is 0 Å². The Bertz CT molecular complexity index is 605. The van der Waals surface area contributed by atoms with E-state index in [0.717, 1.165) is 6.20 Å². The Morgan fingerprint density at radius 3 is 2.71 bits per heavy atom. The lowest BCUT2D eigenvalue weighted by Crippen LogP contribution is -2.39. The van der Waals surface area contributed by atoms with Crippen molar-refractivity contribution in [3.63, 3.8) is 0 Å². The maximum absolute atomic E-state index is 13.0. The van der Waals surface area contributed by atoms with E-state index in [1.807, 2.05) is 0 Å². The summed E-state index contributed by atoms with van der Waals surface area (Å²) in [7, 11) is 1.36. The topological polar surface area (TPSA) is 114 Å². The molecule has 2 unspecified atom stereocenters. The molecular formula is C13H18F3N3O5. The smallest absolute Gasteiger partial charge is 0.423 e. The lowest BCUT2D eigenvalue weighted by atomic mass is 10.1. The van der Waals surface area contributed by atoms with Crippen LogP contribution in [0.5, 0.6) is 0 Å². The van der Waals surface area contributed by atoms with Crippen LogP contribution in [0.25, 0.3) is 0 Å². The standard InChI is InChI=1S/C13H18F3N3O5/c1-7(23-2)9(6-24-4-3-10(20)21)18-8-5-17-19-12(22)11(8)13(14,15)16/h5,7,9H,3-4,6H2,1-2H3,(H,20,21)(H2,18,19,22). The second kappa shape index (κ2) is 8.64. The largest absolute Gasteiger partial charge is 0.481 e. The molecule has 1 aromatic rings. The van der Waals surface area contributed by atoms with Crippen molar-refractivity contribution in [1.29, 1.82) is 0 Å². The molecule has 11 heteroatoms. The molecule has 8 nitrogen and oxygen atoms in total. The number of aromatic amines is 1. The molecule has 0 aromatic carbocycles.